The molecule has 0 bridgehead atoms. The van der Waals surface area contributed by atoms with E-state index in [4.69, 9.17) is 9.97 Å². The standard InChI is InChI=1S/C20H22N4/c1-3-17-22-14(2)18(23-17)20-19(15-9-5-4-6-10-15)21-13-24(20)16-11-7-8-12-16/h4-10,13,16H,3,11-12H2,1-2H3,(H,22,23). The number of hydrogen-bond donors (Lipinski definition) is 1. The van der Waals surface area contributed by atoms with Crippen LogP contribution in [0.2, 0.25) is 0 Å². The molecule has 3 aromatic rings. The summed E-state index contributed by atoms with van der Waals surface area (Å²) in [5, 5.41) is 0. The molecule has 0 radical (unpaired) electrons. The van der Waals surface area contributed by atoms with Gasteiger partial charge in [-0.25, -0.2) is 9.97 Å². The highest BCUT2D eigenvalue weighted by atomic mass is 15.1. The second-order valence-electron chi connectivity index (χ2n) is 6.32. The second kappa shape index (κ2) is 6.11. The SMILES string of the molecule is CCc1nc(-c2c(-c3ccccc3)ncn2C2CC=CC2)c(C)[nH]1. The van der Waals surface area contributed by atoms with Gasteiger partial charge in [-0.2, -0.15) is 0 Å². The van der Waals surface area contributed by atoms with Crippen LogP contribution in [0.4, 0.5) is 0 Å². The molecule has 0 amide bonds. The lowest BCUT2D eigenvalue weighted by molar-refractivity contribution is 0.540. The summed E-state index contributed by atoms with van der Waals surface area (Å²) in [4.78, 5) is 13.0. The van der Waals surface area contributed by atoms with Crippen LogP contribution in [0.1, 0.15) is 37.3 Å². The highest BCUT2D eigenvalue weighted by Crippen LogP contribution is 2.36. The van der Waals surface area contributed by atoms with E-state index in [-0.39, 0.29) is 0 Å². The maximum absolute atomic E-state index is 4.85. The molecule has 1 aromatic carbocycles. The van der Waals surface area contributed by atoms with Crippen molar-refractivity contribution in [3.8, 4) is 22.6 Å². The molecule has 4 nitrogen and oxygen atoms in total. The van der Waals surface area contributed by atoms with E-state index in [2.05, 4.69) is 59.8 Å². The molecule has 0 saturated carbocycles. The van der Waals surface area contributed by atoms with Crippen molar-refractivity contribution in [3.63, 3.8) is 0 Å². The Morgan fingerprint density at radius 3 is 2.54 bits per heavy atom. The largest absolute Gasteiger partial charge is 0.346 e. The molecule has 2 heterocycles. The Bertz CT molecular complexity index is 862. The van der Waals surface area contributed by atoms with Crippen molar-refractivity contribution in [3.05, 3.63) is 60.3 Å². The zero-order valence-corrected chi connectivity index (χ0v) is 14.2. The normalized spacial score (nSPS) is 14.6. The van der Waals surface area contributed by atoms with E-state index in [9.17, 15) is 0 Å². The van der Waals surface area contributed by atoms with Crippen LogP contribution in [0, 0.1) is 6.92 Å². The van der Waals surface area contributed by atoms with Crippen molar-refractivity contribution in [2.24, 2.45) is 0 Å². The quantitative estimate of drug-likeness (QED) is 0.709. The predicted octanol–water partition coefficient (Wildman–Crippen LogP) is 4.70. The fourth-order valence-electron chi connectivity index (χ4n) is 3.43. The van der Waals surface area contributed by atoms with Crippen molar-refractivity contribution in [1.29, 1.82) is 0 Å². The van der Waals surface area contributed by atoms with Crippen LogP contribution in [-0.2, 0) is 6.42 Å². The van der Waals surface area contributed by atoms with E-state index in [0.717, 1.165) is 53.4 Å². The molecule has 4 heteroatoms. The summed E-state index contributed by atoms with van der Waals surface area (Å²) >= 11 is 0. The number of hydrogen-bond acceptors (Lipinski definition) is 2. The van der Waals surface area contributed by atoms with Crippen LogP contribution in [-0.4, -0.2) is 19.5 Å². The Kier molecular flexibility index (Phi) is 3.81. The van der Waals surface area contributed by atoms with Crippen LogP contribution in [0.3, 0.4) is 0 Å². The fraction of sp³-hybridized carbons (Fsp3) is 0.300. The molecule has 0 saturated heterocycles. The van der Waals surface area contributed by atoms with E-state index in [0.29, 0.717) is 6.04 Å². The molecule has 0 aliphatic heterocycles. The number of aryl methyl sites for hydroxylation is 2. The van der Waals surface area contributed by atoms with E-state index in [1.165, 1.54) is 0 Å². The monoisotopic (exact) mass is 318 g/mol. The first-order valence-electron chi connectivity index (χ1n) is 8.61. The summed E-state index contributed by atoms with van der Waals surface area (Å²) in [7, 11) is 0. The molecular weight excluding hydrogens is 296 g/mol. The number of benzene rings is 1. The van der Waals surface area contributed by atoms with Gasteiger partial charge in [0, 0.05) is 23.7 Å². The predicted molar refractivity (Wildman–Crippen MR) is 96.8 cm³/mol. The molecule has 122 valence electrons. The molecule has 1 aliphatic carbocycles. The molecule has 0 fully saturated rings. The summed E-state index contributed by atoms with van der Waals surface area (Å²) in [5.41, 5.74) is 5.41. The van der Waals surface area contributed by atoms with Crippen molar-refractivity contribution in [2.75, 3.05) is 0 Å². The van der Waals surface area contributed by atoms with Crippen LogP contribution >= 0.6 is 0 Å². The number of nitrogens with zero attached hydrogens (tertiary/aromatic N) is 3. The molecule has 0 atom stereocenters. The van der Waals surface area contributed by atoms with Gasteiger partial charge < -0.3 is 9.55 Å². The first-order chi connectivity index (χ1) is 11.8. The van der Waals surface area contributed by atoms with E-state index in [1.54, 1.807) is 0 Å². The van der Waals surface area contributed by atoms with Gasteiger partial charge in [-0.3, -0.25) is 0 Å². The second-order valence-corrected chi connectivity index (χ2v) is 6.32. The fourth-order valence-corrected chi connectivity index (χ4v) is 3.43. The Labute approximate surface area is 142 Å². The third-order valence-corrected chi connectivity index (χ3v) is 4.71. The third kappa shape index (κ3) is 2.48. The third-order valence-electron chi connectivity index (χ3n) is 4.71. The minimum Gasteiger partial charge on any atom is -0.346 e. The molecule has 4 rings (SSSR count). The average molecular weight is 318 g/mol. The van der Waals surface area contributed by atoms with Gasteiger partial charge in [-0.15, -0.1) is 0 Å². The molecule has 1 aliphatic rings. The van der Waals surface area contributed by atoms with Gasteiger partial charge in [-0.1, -0.05) is 49.4 Å². The minimum absolute atomic E-state index is 0.436. The lowest BCUT2D eigenvalue weighted by Crippen LogP contribution is -2.06. The van der Waals surface area contributed by atoms with E-state index in [1.807, 2.05) is 12.4 Å². The van der Waals surface area contributed by atoms with Gasteiger partial charge in [0.05, 0.1) is 17.7 Å². The first-order valence-corrected chi connectivity index (χ1v) is 8.61. The van der Waals surface area contributed by atoms with Crippen LogP contribution in [0.15, 0.2) is 48.8 Å². The van der Waals surface area contributed by atoms with Gasteiger partial charge in [0.1, 0.15) is 11.5 Å². The van der Waals surface area contributed by atoms with Crippen molar-refractivity contribution in [1.82, 2.24) is 19.5 Å². The molecular formula is C20H22N4. The lowest BCUT2D eigenvalue weighted by Gasteiger charge is -2.15. The molecule has 0 spiro atoms. The van der Waals surface area contributed by atoms with Crippen molar-refractivity contribution in [2.45, 2.75) is 39.2 Å². The number of nitrogens with one attached hydrogen (secondary N) is 1. The summed E-state index contributed by atoms with van der Waals surface area (Å²) in [6.07, 6.45) is 9.51. The highest BCUT2D eigenvalue weighted by Gasteiger charge is 2.24. The van der Waals surface area contributed by atoms with Gasteiger partial charge in [0.25, 0.3) is 0 Å². The van der Waals surface area contributed by atoms with Gasteiger partial charge in [0.2, 0.25) is 0 Å². The molecule has 2 aromatic heterocycles. The Balaban J connectivity index is 1.90. The summed E-state index contributed by atoms with van der Waals surface area (Å²) < 4.78 is 2.31. The zero-order chi connectivity index (χ0) is 16.5. The maximum atomic E-state index is 4.85. The average Bonchev–Trinajstić information content (AvgIpc) is 3.34. The zero-order valence-electron chi connectivity index (χ0n) is 14.2. The Morgan fingerprint density at radius 1 is 1.12 bits per heavy atom. The summed E-state index contributed by atoms with van der Waals surface area (Å²) in [5.74, 6) is 1.03. The van der Waals surface area contributed by atoms with Gasteiger partial charge in [-0.05, 0) is 19.8 Å². The van der Waals surface area contributed by atoms with Crippen LogP contribution < -0.4 is 0 Å². The molecule has 1 N–H and O–H groups in total. The number of rotatable bonds is 4. The van der Waals surface area contributed by atoms with E-state index >= 15 is 0 Å². The topological polar surface area (TPSA) is 46.5 Å². The van der Waals surface area contributed by atoms with Crippen LogP contribution in [0.25, 0.3) is 22.6 Å². The number of imidazole rings is 2. The molecule has 24 heavy (non-hydrogen) atoms. The van der Waals surface area contributed by atoms with Crippen LogP contribution in [0.5, 0.6) is 0 Å². The number of allylic oxidation sites excluding steroid dienone is 2. The smallest absolute Gasteiger partial charge is 0.110 e. The maximum Gasteiger partial charge on any atom is 0.110 e. The van der Waals surface area contributed by atoms with Gasteiger partial charge in [0.15, 0.2) is 0 Å². The Hall–Kier alpha value is -2.62. The van der Waals surface area contributed by atoms with Crippen molar-refractivity contribution < 1.29 is 0 Å². The number of aromatic nitrogens is 4. The minimum atomic E-state index is 0.436. The lowest BCUT2D eigenvalue weighted by atomic mass is 10.1. The molecule has 0 unspecified atom stereocenters. The summed E-state index contributed by atoms with van der Waals surface area (Å²) in [6, 6.07) is 10.8. The highest BCUT2D eigenvalue weighted by molar-refractivity contribution is 5.78. The van der Waals surface area contributed by atoms with Crippen molar-refractivity contribution >= 4 is 0 Å². The number of H-pyrrole nitrogens is 1. The van der Waals surface area contributed by atoms with Gasteiger partial charge >= 0.3 is 0 Å². The first kappa shape index (κ1) is 14.9. The van der Waals surface area contributed by atoms with E-state index < -0.39 is 0 Å². The Morgan fingerprint density at radius 2 is 1.88 bits per heavy atom. The summed E-state index contributed by atoms with van der Waals surface area (Å²) in [6.45, 7) is 4.22. The number of aromatic amines is 1.